The lowest BCUT2D eigenvalue weighted by atomic mass is 10.2. The number of halogens is 2. The molecule has 1 rings (SSSR count). The molecule has 0 heterocycles. The summed E-state index contributed by atoms with van der Waals surface area (Å²) >= 11 is 11.9. The highest BCUT2D eigenvalue weighted by Gasteiger charge is 2.07. The van der Waals surface area contributed by atoms with Crippen molar-refractivity contribution in [3.63, 3.8) is 0 Å². The van der Waals surface area contributed by atoms with E-state index in [2.05, 4.69) is 5.32 Å². The predicted octanol–water partition coefficient (Wildman–Crippen LogP) is 2.89. The number of amides is 1. The molecule has 0 bridgehead atoms. The summed E-state index contributed by atoms with van der Waals surface area (Å²) in [5.74, 6) is -0.285. The van der Waals surface area contributed by atoms with Crippen LogP contribution in [0.1, 0.15) is 18.9 Å². The van der Waals surface area contributed by atoms with Gasteiger partial charge in [0, 0.05) is 21.7 Å². The van der Waals surface area contributed by atoms with Crippen molar-refractivity contribution in [1.29, 1.82) is 0 Å². The minimum absolute atomic E-state index is 0.0804. The van der Waals surface area contributed by atoms with Gasteiger partial charge in [-0.3, -0.25) is 4.79 Å². The Balaban J connectivity index is 2.72. The molecule has 0 unspecified atom stereocenters. The van der Waals surface area contributed by atoms with Crippen molar-refractivity contribution in [2.75, 3.05) is 6.61 Å². The number of carbonyl (C=O) groups is 1. The number of rotatable bonds is 5. The molecule has 0 spiro atoms. The summed E-state index contributed by atoms with van der Waals surface area (Å²) in [6.07, 6.45) is 3.58. The van der Waals surface area contributed by atoms with Crippen LogP contribution in [0, 0.1) is 0 Å². The fourth-order valence-electron chi connectivity index (χ4n) is 1.36. The molecule has 0 aliphatic heterocycles. The minimum Gasteiger partial charge on any atom is -0.394 e. The highest BCUT2D eigenvalue weighted by molar-refractivity contribution is 6.37. The van der Waals surface area contributed by atoms with E-state index in [1.54, 1.807) is 24.3 Å². The first kappa shape index (κ1) is 15.0. The fraction of sp³-hybridized carbons (Fsp3) is 0.308. The van der Waals surface area contributed by atoms with Crippen LogP contribution in [0.2, 0.25) is 10.0 Å². The van der Waals surface area contributed by atoms with Gasteiger partial charge in [0.25, 0.3) is 0 Å². The molecule has 18 heavy (non-hydrogen) atoms. The Labute approximate surface area is 116 Å². The third-order valence-electron chi connectivity index (χ3n) is 2.46. The van der Waals surface area contributed by atoms with Crippen molar-refractivity contribution in [3.05, 3.63) is 39.9 Å². The fourth-order valence-corrected chi connectivity index (χ4v) is 1.88. The molecule has 3 nitrogen and oxygen atoms in total. The monoisotopic (exact) mass is 287 g/mol. The van der Waals surface area contributed by atoms with Gasteiger partial charge >= 0.3 is 0 Å². The van der Waals surface area contributed by atoms with Crippen molar-refractivity contribution in [3.8, 4) is 0 Å². The summed E-state index contributed by atoms with van der Waals surface area (Å²) < 4.78 is 0. The lowest BCUT2D eigenvalue weighted by Gasteiger charge is -2.11. The zero-order chi connectivity index (χ0) is 13.5. The van der Waals surface area contributed by atoms with E-state index < -0.39 is 0 Å². The molecule has 0 radical (unpaired) electrons. The van der Waals surface area contributed by atoms with Gasteiger partial charge in [0.2, 0.25) is 5.91 Å². The first-order chi connectivity index (χ1) is 8.58. The van der Waals surface area contributed by atoms with E-state index in [9.17, 15) is 4.79 Å². The van der Waals surface area contributed by atoms with Gasteiger partial charge in [0.05, 0.1) is 12.6 Å². The highest BCUT2D eigenvalue weighted by atomic mass is 35.5. The summed E-state index contributed by atoms with van der Waals surface area (Å²) in [4.78, 5) is 11.6. The van der Waals surface area contributed by atoms with Crippen molar-refractivity contribution in [2.45, 2.75) is 19.4 Å². The lowest BCUT2D eigenvalue weighted by Crippen LogP contribution is -2.35. The Hall–Kier alpha value is -1.03. The van der Waals surface area contributed by atoms with Crippen LogP contribution in [-0.4, -0.2) is 23.7 Å². The Morgan fingerprint density at radius 3 is 2.56 bits per heavy atom. The van der Waals surface area contributed by atoms with Crippen molar-refractivity contribution in [2.24, 2.45) is 0 Å². The molecule has 1 aromatic carbocycles. The summed E-state index contributed by atoms with van der Waals surface area (Å²) in [6, 6.07) is 4.91. The summed E-state index contributed by atoms with van der Waals surface area (Å²) in [5, 5.41) is 12.6. The highest BCUT2D eigenvalue weighted by Crippen LogP contribution is 2.25. The van der Waals surface area contributed by atoms with Gasteiger partial charge in [-0.05, 0) is 24.6 Å². The van der Waals surface area contributed by atoms with Gasteiger partial charge in [0.15, 0.2) is 0 Å². The average Bonchev–Trinajstić information content (AvgIpc) is 2.35. The topological polar surface area (TPSA) is 49.3 Å². The molecule has 0 aromatic heterocycles. The molecule has 0 saturated carbocycles. The molecule has 1 atom stereocenters. The minimum atomic E-state index is -0.285. The first-order valence-electron chi connectivity index (χ1n) is 5.62. The number of carbonyl (C=O) groups excluding carboxylic acids is 1. The van der Waals surface area contributed by atoms with Crippen LogP contribution in [0.15, 0.2) is 24.3 Å². The molecule has 98 valence electrons. The van der Waals surface area contributed by atoms with E-state index in [1.807, 2.05) is 6.92 Å². The quantitative estimate of drug-likeness (QED) is 0.818. The van der Waals surface area contributed by atoms with Gasteiger partial charge in [-0.25, -0.2) is 0 Å². The maximum Gasteiger partial charge on any atom is 0.244 e. The molecule has 1 aromatic rings. The number of hydrogen-bond donors (Lipinski definition) is 2. The molecule has 1 amide bonds. The van der Waals surface area contributed by atoms with E-state index in [1.165, 1.54) is 6.08 Å². The van der Waals surface area contributed by atoms with E-state index in [4.69, 9.17) is 28.3 Å². The van der Waals surface area contributed by atoms with E-state index in [-0.39, 0.29) is 18.6 Å². The smallest absolute Gasteiger partial charge is 0.244 e. The van der Waals surface area contributed by atoms with Gasteiger partial charge in [0.1, 0.15) is 0 Å². The third kappa shape index (κ3) is 4.33. The van der Waals surface area contributed by atoms with Gasteiger partial charge in [-0.2, -0.15) is 0 Å². The number of hydrogen-bond acceptors (Lipinski definition) is 2. The van der Waals surface area contributed by atoms with Gasteiger partial charge < -0.3 is 10.4 Å². The van der Waals surface area contributed by atoms with Gasteiger partial charge in [-0.1, -0.05) is 36.2 Å². The Kier molecular flexibility index (Phi) is 6.19. The zero-order valence-corrected chi connectivity index (χ0v) is 11.5. The molecular weight excluding hydrogens is 273 g/mol. The van der Waals surface area contributed by atoms with Crippen LogP contribution < -0.4 is 5.32 Å². The molecule has 5 heteroatoms. The van der Waals surface area contributed by atoms with Crippen LogP contribution in [-0.2, 0) is 4.79 Å². The van der Waals surface area contributed by atoms with E-state index in [0.29, 0.717) is 22.0 Å². The maximum atomic E-state index is 11.6. The normalized spacial score (nSPS) is 12.7. The molecule has 2 N–H and O–H groups in total. The molecule has 0 aliphatic rings. The Morgan fingerprint density at radius 1 is 1.44 bits per heavy atom. The maximum absolute atomic E-state index is 11.6. The van der Waals surface area contributed by atoms with Crippen LogP contribution in [0.4, 0.5) is 0 Å². The second-order valence-electron chi connectivity index (χ2n) is 3.77. The Morgan fingerprint density at radius 2 is 2.06 bits per heavy atom. The lowest BCUT2D eigenvalue weighted by molar-refractivity contribution is -0.117. The van der Waals surface area contributed by atoms with Crippen LogP contribution in [0.25, 0.3) is 6.08 Å². The standard InChI is InChI=1S/C13H15Cl2NO2/c1-2-9(8-17)16-13(18)7-6-10-11(14)4-3-5-12(10)15/h3-7,9,17H,2,8H2,1H3,(H,16,18)/b7-6+/t9-/m1/s1. The summed E-state index contributed by atoms with van der Waals surface area (Å²) in [7, 11) is 0. The summed E-state index contributed by atoms with van der Waals surface area (Å²) in [6.45, 7) is 1.80. The van der Waals surface area contributed by atoms with E-state index >= 15 is 0 Å². The summed E-state index contributed by atoms with van der Waals surface area (Å²) in [5.41, 5.74) is 0.605. The molecule has 0 aliphatic carbocycles. The first-order valence-corrected chi connectivity index (χ1v) is 6.37. The Bertz CT molecular complexity index is 422. The number of aliphatic hydroxyl groups is 1. The van der Waals surface area contributed by atoms with Crippen molar-refractivity contribution in [1.82, 2.24) is 5.32 Å². The van der Waals surface area contributed by atoms with Crippen LogP contribution in [0.3, 0.4) is 0 Å². The van der Waals surface area contributed by atoms with Crippen LogP contribution in [0.5, 0.6) is 0 Å². The largest absolute Gasteiger partial charge is 0.394 e. The zero-order valence-electron chi connectivity index (χ0n) is 9.99. The van der Waals surface area contributed by atoms with Crippen LogP contribution >= 0.6 is 23.2 Å². The van der Waals surface area contributed by atoms with Crippen molar-refractivity contribution < 1.29 is 9.90 Å². The SMILES string of the molecule is CC[C@H](CO)NC(=O)/C=C/c1c(Cl)cccc1Cl. The second kappa shape index (κ2) is 7.41. The molecule has 0 saturated heterocycles. The van der Waals surface area contributed by atoms with Gasteiger partial charge in [-0.15, -0.1) is 0 Å². The third-order valence-corrected chi connectivity index (χ3v) is 3.12. The predicted molar refractivity (Wildman–Crippen MR) is 74.8 cm³/mol. The average molecular weight is 288 g/mol. The van der Waals surface area contributed by atoms with E-state index in [0.717, 1.165) is 0 Å². The second-order valence-corrected chi connectivity index (χ2v) is 4.58. The number of aliphatic hydroxyl groups excluding tert-OH is 1. The van der Waals surface area contributed by atoms with Crippen molar-refractivity contribution >= 4 is 35.2 Å². The number of benzene rings is 1. The molecular formula is C13H15Cl2NO2. The molecule has 0 fully saturated rings. The number of nitrogens with one attached hydrogen (secondary N) is 1.